The predicted octanol–water partition coefficient (Wildman–Crippen LogP) is 0.903. The monoisotopic (exact) mass is 247 g/mol. The van der Waals surface area contributed by atoms with Crippen LogP contribution in [-0.2, 0) is 10.0 Å². The molecule has 6 heteroatoms. The zero-order chi connectivity index (χ0) is 11.3. The number of hydrogen-bond acceptors (Lipinski definition) is 4. The molecule has 0 aromatic heterocycles. The third-order valence-corrected chi connectivity index (χ3v) is 3.47. The Bertz CT molecular complexity index is 400. The van der Waals surface area contributed by atoms with Gasteiger partial charge in [0.15, 0.2) is 0 Å². The number of benzene rings is 1. The molecule has 0 saturated heterocycles. The summed E-state index contributed by atoms with van der Waals surface area (Å²) in [6, 6.07) is 6.21. The van der Waals surface area contributed by atoms with Crippen LogP contribution >= 0.6 is 12.6 Å². The van der Waals surface area contributed by atoms with Gasteiger partial charge in [0.25, 0.3) is 0 Å². The molecule has 0 aliphatic rings. The van der Waals surface area contributed by atoms with Crippen LogP contribution in [0.5, 0.6) is 5.75 Å². The van der Waals surface area contributed by atoms with Crippen LogP contribution in [0.3, 0.4) is 0 Å². The Kier molecular flexibility index (Phi) is 4.44. The van der Waals surface area contributed by atoms with Gasteiger partial charge in [0.05, 0.1) is 12.0 Å². The number of nitrogens with one attached hydrogen (secondary N) is 1. The summed E-state index contributed by atoms with van der Waals surface area (Å²) >= 11 is 3.93. The van der Waals surface area contributed by atoms with Crippen molar-refractivity contribution in [2.24, 2.45) is 0 Å². The number of rotatable bonds is 5. The molecule has 0 bridgehead atoms. The zero-order valence-corrected chi connectivity index (χ0v) is 10.0. The van der Waals surface area contributed by atoms with E-state index in [1.54, 1.807) is 12.1 Å². The lowest BCUT2D eigenvalue weighted by atomic mass is 10.3. The average molecular weight is 247 g/mol. The summed E-state index contributed by atoms with van der Waals surface area (Å²) in [7, 11) is -1.87. The van der Waals surface area contributed by atoms with Gasteiger partial charge in [0.1, 0.15) is 5.75 Å². The van der Waals surface area contributed by atoms with Crippen LogP contribution < -0.4 is 9.46 Å². The van der Waals surface area contributed by atoms with Gasteiger partial charge >= 0.3 is 0 Å². The molecule has 4 nitrogen and oxygen atoms in total. The summed E-state index contributed by atoms with van der Waals surface area (Å²) in [5.74, 6) is 1.10. The minimum absolute atomic E-state index is 0.227. The summed E-state index contributed by atoms with van der Waals surface area (Å²) in [6.07, 6.45) is 0. The Hall–Kier alpha value is -0.720. The number of ether oxygens (including phenoxy) is 1. The van der Waals surface area contributed by atoms with Crippen molar-refractivity contribution in [3.63, 3.8) is 0 Å². The van der Waals surface area contributed by atoms with Crippen molar-refractivity contribution in [2.75, 3.05) is 19.4 Å². The fourth-order valence-corrected chi connectivity index (χ4v) is 2.31. The van der Waals surface area contributed by atoms with E-state index in [0.29, 0.717) is 18.0 Å². The Morgan fingerprint density at radius 2 is 1.93 bits per heavy atom. The molecular weight excluding hydrogens is 234 g/mol. The number of hydrogen-bond donors (Lipinski definition) is 2. The lowest BCUT2D eigenvalue weighted by Crippen LogP contribution is -2.25. The van der Waals surface area contributed by atoms with Crippen molar-refractivity contribution in [1.29, 1.82) is 0 Å². The van der Waals surface area contributed by atoms with Crippen molar-refractivity contribution >= 4 is 22.7 Å². The number of methoxy groups -OCH3 is 1. The maximum absolute atomic E-state index is 11.6. The third-order valence-electron chi connectivity index (χ3n) is 1.77. The van der Waals surface area contributed by atoms with Gasteiger partial charge in [-0.05, 0) is 24.3 Å². The first kappa shape index (κ1) is 12.4. The van der Waals surface area contributed by atoms with E-state index in [-0.39, 0.29) is 4.90 Å². The molecule has 0 aliphatic heterocycles. The summed E-state index contributed by atoms with van der Waals surface area (Å²) in [6.45, 7) is 0.317. The normalized spacial score (nSPS) is 11.3. The van der Waals surface area contributed by atoms with Crippen LogP contribution in [0.25, 0.3) is 0 Å². The molecule has 1 aromatic rings. The van der Waals surface area contributed by atoms with Gasteiger partial charge < -0.3 is 4.74 Å². The number of thiol groups is 1. The van der Waals surface area contributed by atoms with Crippen LogP contribution in [0.2, 0.25) is 0 Å². The molecular formula is C9H13NO3S2. The molecule has 0 saturated carbocycles. The van der Waals surface area contributed by atoms with Gasteiger partial charge in [-0.15, -0.1) is 0 Å². The standard InChI is InChI=1S/C9H13NO3S2/c1-13-8-2-4-9(5-3-8)15(11,12)10-6-7-14/h2-5,10,14H,6-7H2,1H3. The molecule has 0 fully saturated rings. The second kappa shape index (κ2) is 5.39. The minimum Gasteiger partial charge on any atom is -0.497 e. The van der Waals surface area contributed by atoms with Crippen molar-refractivity contribution in [3.05, 3.63) is 24.3 Å². The van der Waals surface area contributed by atoms with Gasteiger partial charge in [-0.3, -0.25) is 0 Å². The van der Waals surface area contributed by atoms with Gasteiger partial charge in [-0.25, -0.2) is 13.1 Å². The van der Waals surface area contributed by atoms with Gasteiger partial charge in [-0.2, -0.15) is 12.6 Å². The summed E-state index contributed by atoms with van der Waals surface area (Å²) in [5, 5.41) is 0. The molecule has 0 radical (unpaired) electrons. The minimum atomic E-state index is -3.40. The van der Waals surface area contributed by atoms with E-state index in [1.807, 2.05) is 0 Å². The maximum Gasteiger partial charge on any atom is 0.240 e. The first-order chi connectivity index (χ1) is 7.10. The van der Waals surface area contributed by atoms with Gasteiger partial charge in [0.2, 0.25) is 10.0 Å². The summed E-state index contributed by atoms with van der Waals surface area (Å²) < 4.78 is 30.6. The van der Waals surface area contributed by atoms with E-state index in [1.165, 1.54) is 19.2 Å². The van der Waals surface area contributed by atoms with E-state index in [9.17, 15) is 8.42 Å². The van der Waals surface area contributed by atoms with Crippen LogP contribution in [0.4, 0.5) is 0 Å². The molecule has 15 heavy (non-hydrogen) atoms. The van der Waals surface area contributed by atoms with E-state index in [4.69, 9.17) is 4.74 Å². The Labute approximate surface area is 95.1 Å². The van der Waals surface area contributed by atoms with E-state index < -0.39 is 10.0 Å². The second-order valence-corrected chi connectivity index (χ2v) is 5.01. The Morgan fingerprint density at radius 1 is 1.33 bits per heavy atom. The van der Waals surface area contributed by atoms with E-state index >= 15 is 0 Å². The highest BCUT2D eigenvalue weighted by Crippen LogP contribution is 2.14. The molecule has 1 rings (SSSR count). The van der Waals surface area contributed by atoms with E-state index in [0.717, 1.165) is 0 Å². The highest BCUT2D eigenvalue weighted by atomic mass is 32.2. The third kappa shape index (κ3) is 3.40. The maximum atomic E-state index is 11.6. The van der Waals surface area contributed by atoms with Crippen LogP contribution in [0, 0.1) is 0 Å². The largest absolute Gasteiger partial charge is 0.497 e. The molecule has 0 unspecified atom stereocenters. The fourth-order valence-electron chi connectivity index (χ4n) is 1.02. The molecule has 0 heterocycles. The first-order valence-corrected chi connectivity index (χ1v) is 6.46. The Morgan fingerprint density at radius 3 is 2.40 bits per heavy atom. The molecule has 1 aromatic carbocycles. The lowest BCUT2D eigenvalue weighted by Gasteiger charge is -2.05. The Balaban J connectivity index is 2.86. The van der Waals surface area contributed by atoms with Crippen molar-refractivity contribution in [3.8, 4) is 5.75 Å². The molecule has 1 N–H and O–H groups in total. The fraction of sp³-hybridized carbons (Fsp3) is 0.333. The predicted molar refractivity (Wildman–Crippen MR) is 62.0 cm³/mol. The highest BCUT2D eigenvalue weighted by Gasteiger charge is 2.12. The topological polar surface area (TPSA) is 55.4 Å². The molecule has 0 amide bonds. The molecule has 0 aliphatic carbocycles. The van der Waals surface area contributed by atoms with Crippen LogP contribution in [0.15, 0.2) is 29.2 Å². The average Bonchev–Trinajstić information content (AvgIpc) is 2.26. The van der Waals surface area contributed by atoms with Gasteiger partial charge in [0, 0.05) is 12.3 Å². The van der Waals surface area contributed by atoms with Crippen molar-refractivity contribution in [1.82, 2.24) is 4.72 Å². The number of sulfonamides is 1. The zero-order valence-electron chi connectivity index (χ0n) is 8.30. The van der Waals surface area contributed by atoms with Crippen LogP contribution in [0.1, 0.15) is 0 Å². The molecule has 0 atom stereocenters. The van der Waals surface area contributed by atoms with Gasteiger partial charge in [-0.1, -0.05) is 0 Å². The second-order valence-electron chi connectivity index (χ2n) is 2.80. The first-order valence-electron chi connectivity index (χ1n) is 4.35. The van der Waals surface area contributed by atoms with Crippen molar-refractivity contribution < 1.29 is 13.2 Å². The summed E-state index contributed by atoms with van der Waals surface area (Å²) in [5.41, 5.74) is 0. The van der Waals surface area contributed by atoms with Crippen LogP contribution in [-0.4, -0.2) is 27.8 Å². The smallest absolute Gasteiger partial charge is 0.240 e. The van der Waals surface area contributed by atoms with E-state index in [2.05, 4.69) is 17.4 Å². The summed E-state index contributed by atoms with van der Waals surface area (Å²) in [4.78, 5) is 0.227. The lowest BCUT2D eigenvalue weighted by molar-refractivity contribution is 0.414. The SMILES string of the molecule is COc1ccc(S(=O)(=O)NCCS)cc1. The molecule has 84 valence electrons. The molecule has 0 spiro atoms. The highest BCUT2D eigenvalue weighted by molar-refractivity contribution is 7.89. The quantitative estimate of drug-likeness (QED) is 0.760. The van der Waals surface area contributed by atoms with Crippen molar-refractivity contribution in [2.45, 2.75) is 4.90 Å².